The summed E-state index contributed by atoms with van der Waals surface area (Å²) in [6.45, 7) is 4.77. The van der Waals surface area contributed by atoms with E-state index in [0.717, 1.165) is 11.3 Å². The maximum atomic E-state index is 12.5. The van der Waals surface area contributed by atoms with Crippen molar-refractivity contribution < 1.29 is 9.53 Å². The van der Waals surface area contributed by atoms with Crippen molar-refractivity contribution in [2.24, 2.45) is 0 Å². The monoisotopic (exact) mass is 458 g/mol. The van der Waals surface area contributed by atoms with Crippen molar-refractivity contribution in [3.05, 3.63) is 91.4 Å². The van der Waals surface area contributed by atoms with Gasteiger partial charge in [0.15, 0.2) is 11.0 Å². The number of thioether (sulfide) groups is 1. The van der Waals surface area contributed by atoms with Gasteiger partial charge in [-0.1, -0.05) is 48.2 Å². The van der Waals surface area contributed by atoms with Crippen LogP contribution >= 0.6 is 11.8 Å². The number of hydrogen-bond donors (Lipinski definition) is 1. The fourth-order valence-corrected chi connectivity index (χ4v) is 3.74. The van der Waals surface area contributed by atoms with E-state index in [1.54, 1.807) is 24.7 Å². The zero-order chi connectivity index (χ0) is 22.9. The number of benzene rings is 2. The molecular weight excluding hydrogens is 436 g/mol. The number of nitrogens with one attached hydrogen (secondary N) is 1. The summed E-state index contributed by atoms with van der Waals surface area (Å²) < 4.78 is 7.63. The Morgan fingerprint density at radius 2 is 1.91 bits per heavy atom. The van der Waals surface area contributed by atoms with Crippen LogP contribution in [0.2, 0.25) is 0 Å². The van der Waals surface area contributed by atoms with Crippen molar-refractivity contribution in [1.29, 1.82) is 0 Å². The minimum atomic E-state index is -0.146. The molecule has 0 saturated carbocycles. The SMILES string of the molecule is C=CCn1c(SCC(=O)Nc2ccc(OCc3ccccc3)cc2)nnc1-c1cnccn1. The Bertz CT molecular complexity index is 1200. The van der Waals surface area contributed by atoms with E-state index in [2.05, 4.69) is 32.1 Å². The molecule has 0 unspecified atom stereocenters. The van der Waals surface area contributed by atoms with E-state index < -0.39 is 0 Å². The minimum Gasteiger partial charge on any atom is -0.489 e. The van der Waals surface area contributed by atoms with Gasteiger partial charge in [-0.15, -0.1) is 16.8 Å². The Kier molecular flexibility index (Phi) is 7.44. The van der Waals surface area contributed by atoms with Gasteiger partial charge in [0.05, 0.1) is 11.9 Å². The Labute approximate surface area is 195 Å². The first-order chi connectivity index (χ1) is 16.2. The molecule has 4 rings (SSSR count). The zero-order valence-electron chi connectivity index (χ0n) is 17.8. The molecule has 166 valence electrons. The van der Waals surface area contributed by atoms with E-state index in [0.29, 0.717) is 35.5 Å². The quantitative estimate of drug-likeness (QED) is 0.281. The number of aromatic nitrogens is 5. The van der Waals surface area contributed by atoms with E-state index in [4.69, 9.17) is 4.74 Å². The van der Waals surface area contributed by atoms with E-state index in [9.17, 15) is 4.79 Å². The molecule has 0 fully saturated rings. The third-order valence-corrected chi connectivity index (χ3v) is 5.51. The lowest BCUT2D eigenvalue weighted by Gasteiger charge is -2.09. The largest absolute Gasteiger partial charge is 0.489 e. The molecule has 8 nitrogen and oxygen atoms in total. The molecule has 0 radical (unpaired) electrons. The van der Waals surface area contributed by atoms with E-state index >= 15 is 0 Å². The molecule has 9 heteroatoms. The third kappa shape index (κ3) is 6.05. The van der Waals surface area contributed by atoms with Gasteiger partial charge in [-0.25, -0.2) is 4.98 Å². The van der Waals surface area contributed by atoms with Crippen molar-refractivity contribution in [3.63, 3.8) is 0 Å². The first-order valence-electron chi connectivity index (χ1n) is 10.2. The molecule has 0 saturated heterocycles. The predicted octanol–water partition coefficient (Wildman–Crippen LogP) is 4.23. The summed E-state index contributed by atoms with van der Waals surface area (Å²) >= 11 is 1.30. The lowest BCUT2D eigenvalue weighted by atomic mass is 10.2. The number of allylic oxidation sites excluding steroid dienone is 1. The summed E-state index contributed by atoms with van der Waals surface area (Å²) in [7, 11) is 0. The smallest absolute Gasteiger partial charge is 0.234 e. The Morgan fingerprint density at radius 1 is 1.09 bits per heavy atom. The molecule has 1 amide bonds. The van der Waals surface area contributed by atoms with Crippen LogP contribution in [0.5, 0.6) is 5.75 Å². The molecule has 0 aliphatic rings. The van der Waals surface area contributed by atoms with Crippen LogP contribution in [-0.2, 0) is 17.9 Å². The van der Waals surface area contributed by atoms with Crippen LogP contribution in [0.25, 0.3) is 11.5 Å². The van der Waals surface area contributed by atoms with Crippen LogP contribution in [0, 0.1) is 0 Å². The maximum Gasteiger partial charge on any atom is 0.234 e. The second-order valence-corrected chi connectivity index (χ2v) is 7.87. The minimum absolute atomic E-state index is 0.146. The first-order valence-corrected chi connectivity index (χ1v) is 11.2. The van der Waals surface area contributed by atoms with Crippen LogP contribution in [0.3, 0.4) is 0 Å². The third-order valence-electron chi connectivity index (χ3n) is 4.54. The second-order valence-electron chi connectivity index (χ2n) is 6.93. The molecule has 1 N–H and O–H groups in total. The van der Waals surface area contributed by atoms with Crippen molar-refractivity contribution in [2.75, 3.05) is 11.1 Å². The summed E-state index contributed by atoms with van der Waals surface area (Å²) in [5.74, 6) is 1.35. The molecule has 2 heterocycles. The topological polar surface area (TPSA) is 94.8 Å². The number of ether oxygens (including phenoxy) is 1. The highest BCUT2D eigenvalue weighted by Crippen LogP contribution is 2.23. The van der Waals surface area contributed by atoms with Crippen LogP contribution in [0.15, 0.2) is 91.0 Å². The number of anilines is 1. The normalized spacial score (nSPS) is 10.5. The molecule has 0 spiro atoms. The van der Waals surface area contributed by atoms with Crippen molar-refractivity contribution in [2.45, 2.75) is 18.3 Å². The maximum absolute atomic E-state index is 12.5. The standard InChI is InChI=1S/C24H22N6O2S/c1-2-14-30-23(21-15-25-12-13-26-21)28-29-24(30)33-17-22(31)27-19-8-10-20(11-9-19)32-16-18-6-4-3-5-7-18/h2-13,15H,1,14,16-17H2,(H,27,31). The molecule has 4 aromatic rings. The van der Waals surface area contributed by atoms with Crippen molar-refractivity contribution in [1.82, 2.24) is 24.7 Å². The summed E-state index contributed by atoms with van der Waals surface area (Å²) in [5.41, 5.74) is 2.40. The number of carbonyl (C=O) groups is 1. The number of rotatable bonds is 10. The van der Waals surface area contributed by atoms with Gasteiger partial charge in [-0.05, 0) is 29.8 Å². The van der Waals surface area contributed by atoms with Crippen molar-refractivity contribution in [3.8, 4) is 17.3 Å². The summed E-state index contributed by atoms with van der Waals surface area (Å²) in [4.78, 5) is 20.8. The Hall–Kier alpha value is -3.98. The average Bonchev–Trinajstić information content (AvgIpc) is 3.26. The van der Waals surface area contributed by atoms with Crippen molar-refractivity contribution >= 4 is 23.4 Å². The molecular formula is C24H22N6O2S. The van der Waals surface area contributed by atoms with Gasteiger partial charge in [0.2, 0.25) is 5.91 Å². The first kappa shape index (κ1) is 22.2. The van der Waals surface area contributed by atoms with Gasteiger partial charge in [-0.3, -0.25) is 14.3 Å². The van der Waals surface area contributed by atoms with Crippen LogP contribution in [0.4, 0.5) is 5.69 Å². The summed E-state index contributed by atoms with van der Waals surface area (Å²) in [6, 6.07) is 17.2. The highest BCUT2D eigenvalue weighted by atomic mass is 32.2. The summed E-state index contributed by atoms with van der Waals surface area (Å²) in [5, 5.41) is 11.9. The average molecular weight is 459 g/mol. The molecule has 0 bridgehead atoms. The highest BCUT2D eigenvalue weighted by molar-refractivity contribution is 7.99. The lowest BCUT2D eigenvalue weighted by Crippen LogP contribution is -2.14. The van der Waals surface area contributed by atoms with Crippen LogP contribution in [-0.4, -0.2) is 36.4 Å². The highest BCUT2D eigenvalue weighted by Gasteiger charge is 2.16. The molecule has 0 atom stereocenters. The molecule has 33 heavy (non-hydrogen) atoms. The predicted molar refractivity (Wildman–Crippen MR) is 128 cm³/mol. The van der Waals surface area contributed by atoms with Gasteiger partial charge in [0.1, 0.15) is 18.1 Å². The number of nitrogens with zero attached hydrogens (tertiary/aromatic N) is 5. The van der Waals surface area contributed by atoms with Gasteiger partial charge in [-0.2, -0.15) is 0 Å². The van der Waals surface area contributed by atoms with Crippen LogP contribution < -0.4 is 10.1 Å². The molecule has 2 aromatic heterocycles. The number of hydrogen-bond acceptors (Lipinski definition) is 7. The Morgan fingerprint density at radius 3 is 2.64 bits per heavy atom. The molecule has 0 aliphatic carbocycles. The molecule has 2 aromatic carbocycles. The van der Waals surface area contributed by atoms with Gasteiger partial charge >= 0.3 is 0 Å². The zero-order valence-corrected chi connectivity index (χ0v) is 18.6. The number of amides is 1. The fraction of sp³-hybridized carbons (Fsp3) is 0.125. The second kappa shape index (κ2) is 11.1. The van der Waals surface area contributed by atoms with E-state index in [1.165, 1.54) is 11.8 Å². The van der Waals surface area contributed by atoms with E-state index in [1.807, 2.05) is 59.2 Å². The summed E-state index contributed by atoms with van der Waals surface area (Å²) in [6.07, 6.45) is 6.56. The van der Waals surface area contributed by atoms with Gasteiger partial charge in [0, 0.05) is 24.6 Å². The fourth-order valence-electron chi connectivity index (χ4n) is 3.00. The lowest BCUT2D eigenvalue weighted by molar-refractivity contribution is -0.113. The van der Waals surface area contributed by atoms with Gasteiger partial charge in [0.25, 0.3) is 0 Å². The van der Waals surface area contributed by atoms with Gasteiger partial charge < -0.3 is 10.1 Å². The molecule has 0 aliphatic heterocycles. The number of carbonyl (C=O) groups excluding carboxylic acids is 1. The Balaban J connectivity index is 1.32. The van der Waals surface area contributed by atoms with E-state index in [-0.39, 0.29) is 11.7 Å². The van der Waals surface area contributed by atoms with Crippen LogP contribution in [0.1, 0.15) is 5.56 Å².